The molecule has 2 aromatic heterocycles. The molecule has 1 amide bonds. The molecule has 28 heavy (non-hydrogen) atoms. The van der Waals surface area contributed by atoms with Gasteiger partial charge in [-0.3, -0.25) is 10.1 Å². The molecule has 0 radical (unpaired) electrons. The molecule has 2 heterocycles. The second-order valence-electron chi connectivity index (χ2n) is 6.00. The van der Waals surface area contributed by atoms with E-state index < -0.39 is 5.91 Å². The number of nitrogens with one attached hydrogen (secondary N) is 1. The van der Waals surface area contributed by atoms with E-state index in [1.165, 1.54) is 28.2 Å². The minimum absolute atomic E-state index is 0.154. The Bertz CT molecular complexity index is 1140. The van der Waals surface area contributed by atoms with Crippen LogP contribution in [0.2, 0.25) is 5.15 Å². The van der Waals surface area contributed by atoms with E-state index in [9.17, 15) is 9.18 Å². The highest BCUT2D eigenvalue weighted by Gasteiger charge is 2.22. The van der Waals surface area contributed by atoms with Crippen molar-refractivity contribution in [3.05, 3.63) is 82.2 Å². The van der Waals surface area contributed by atoms with Gasteiger partial charge < -0.3 is 0 Å². The Labute approximate surface area is 169 Å². The van der Waals surface area contributed by atoms with Gasteiger partial charge >= 0.3 is 0 Å². The molecule has 2 aromatic carbocycles. The van der Waals surface area contributed by atoms with Crippen LogP contribution >= 0.6 is 22.9 Å². The molecule has 4 aromatic rings. The first-order valence-corrected chi connectivity index (χ1v) is 9.62. The van der Waals surface area contributed by atoms with Crippen LogP contribution in [0.3, 0.4) is 0 Å². The van der Waals surface area contributed by atoms with E-state index in [1.807, 2.05) is 35.7 Å². The number of carbonyl (C=O) groups is 1. The normalized spacial score (nSPS) is 10.8. The molecule has 4 rings (SSSR count). The highest BCUT2D eigenvalue weighted by atomic mass is 35.5. The number of anilines is 1. The average Bonchev–Trinajstić information content (AvgIpc) is 3.27. The molecule has 0 fully saturated rings. The summed E-state index contributed by atoms with van der Waals surface area (Å²) in [7, 11) is 0. The van der Waals surface area contributed by atoms with Crippen LogP contribution in [0.25, 0.3) is 16.9 Å². The van der Waals surface area contributed by atoms with Crippen LogP contribution in [0.15, 0.2) is 60.0 Å². The third-order valence-corrected chi connectivity index (χ3v) is 5.20. The SMILES string of the molecule is Cc1nn(-c2ccc(F)cc2)c(Cl)c1C(=O)Nc1nc(-c2ccccc2)cs1. The lowest BCUT2D eigenvalue weighted by Gasteiger charge is -2.04. The molecule has 0 aliphatic rings. The van der Waals surface area contributed by atoms with Crippen molar-refractivity contribution in [3.63, 3.8) is 0 Å². The Hall–Kier alpha value is -3.03. The van der Waals surface area contributed by atoms with Crippen LogP contribution in [0.5, 0.6) is 0 Å². The summed E-state index contributed by atoms with van der Waals surface area (Å²) in [4.78, 5) is 17.2. The Balaban J connectivity index is 1.59. The lowest BCUT2D eigenvalue weighted by atomic mass is 10.2. The third kappa shape index (κ3) is 3.54. The van der Waals surface area contributed by atoms with Gasteiger partial charge in [-0.05, 0) is 31.2 Å². The largest absolute Gasteiger partial charge is 0.298 e. The highest BCUT2D eigenvalue weighted by Crippen LogP contribution is 2.27. The first kappa shape index (κ1) is 18.3. The van der Waals surface area contributed by atoms with Gasteiger partial charge in [0.25, 0.3) is 5.91 Å². The standard InChI is InChI=1S/C20H14ClFN4OS/c1-12-17(18(21)26(25-12)15-9-7-14(22)8-10-15)19(27)24-20-23-16(11-28-20)13-5-3-2-4-6-13/h2-11H,1H3,(H,23,24,27). The van der Waals surface area contributed by atoms with Crippen molar-refractivity contribution >= 4 is 34.0 Å². The Morgan fingerprint density at radius 1 is 1.14 bits per heavy atom. The topological polar surface area (TPSA) is 59.8 Å². The van der Waals surface area contributed by atoms with Gasteiger partial charge in [-0.1, -0.05) is 41.9 Å². The van der Waals surface area contributed by atoms with Crippen LogP contribution in [-0.4, -0.2) is 20.7 Å². The zero-order valence-corrected chi connectivity index (χ0v) is 16.3. The number of carbonyl (C=O) groups excluding carboxylic acids is 1. The van der Waals surface area contributed by atoms with Crippen molar-refractivity contribution in [1.29, 1.82) is 0 Å². The molecule has 140 valence electrons. The summed E-state index contributed by atoms with van der Waals surface area (Å²) in [6, 6.07) is 15.4. The molecule has 0 unspecified atom stereocenters. The maximum Gasteiger partial charge on any atom is 0.262 e. The summed E-state index contributed by atoms with van der Waals surface area (Å²) in [6.45, 7) is 1.69. The van der Waals surface area contributed by atoms with Gasteiger partial charge in [-0.2, -0.15) is 5.10 Å². The van der Waals surface area contributed by atoms with Crippen molar-refractivity contribution in [2.75, 3.05) is 5.32 Å². The molecule has 0 saturated heterocycles. The number of amides is 1. The van der Waals surface area contributed by atoms with Gasteiger partial charge in [-0.25, -0.2) is 14.1 Å². The van der Waals surface area contributed by atoms with E-state index >= 15 is 0 Å². The maximum atomic E-state index is 13.2. The lowest BCUT2D eigenvalue weighted by Crippen LogP contribution is -2.13. The highest BCUT2D eigenvalue weighted by molar-refractivity contribution is 7.14. The Morgan fingerprint density at radius 3 is 2.57 bits per heavy atom. The zero-order valence-electron chi connectivity index (χ0n) is 14.7. The predicted molar refractivity (Wildman–Crippen MR) is 109 cm³/mol. The molecular formula is C20H14ClFN4OS. The van der Waals surface area contributed by atoms with Crippen LogP contribution in [0.4, 0.5) is 9.52 Å². The van der Waals surface area contributed by atoms with Gasteiger partial charge in [0.2, 0.25) is 0 Å². The van der Waals surface area contributed by atoms with Gasteiger partial charge in [0.1, 0.15) is 16.5 Å². The van der Waals surface area contributed by atoms with Crippen molar-refractivity contribution in [3.8, 4) is 16.9 Å². The van der Waals surface area contributed by atoms with E-state index in [1.54, 1.807) is 19.1 Å². The first-order valence-electron chi connectivity index (χ1n) is 8.36. The lowest BCUT2D eigenvalue weighted by molar-refractivity contribution is 0.102. The number of aryl methyl sites for hydroxylation is 1. The smallest absolute Gasteiger partial charge is 0.262 e. The summed E-state index contributed by atoms with van der Waals surface area (Å²) in [5.41, 5.74) is 3.03. The van der Waals surface area contributed by atoms with Gasteiger partial charge in [-0.15, -0.1) is 11.3 Å². The quantitative estimate of drug-likeness (QED) is 0.491. The summed E-state index contributed by atoms with van der Waals surface area (Å²) < 4.78 is 14.6. The van der Waals surface area contributed by atoms with Gasteiger partial charge in [0.15, 0.2) is 5.13 Å². The fourth-order valence-electron chi connectivity index (χ4n) is 2.74. The molecule has 0 spiro atoms. The monoisotopic (exact) mass is 412 g/mol. The molecule has 1 N–H and O–H groups in total. The summed E-state index contributed by atoms with van der Waals surface area (Å²) in [5.74, 6) is -0.760. The van der Waals surface area contributed by atoms with Crippen LogP contribution in [-0.2, 0) is 0 Å². The second-order valence-corrected chi connectivity index (χ2v) is 7.21. The Morgan fingerprint density at radius 2 is 1.86 bits per heavy atom. The molecule has 0 atom stereocenters. The number of aromatic nitrogens is 3. The van der Waals surface area contributed by atoms with Gasteiger partial charge in [0.05, 0.1) is 17.1 Å². The molecule has 0 aliphatic carbocycles. The molecule has 8 heteroatoms. The van der Waals surface area contributed by atoms with E-state index in [0.29, 0.717) is 16.5 Å². The fourth-order valence-corrected chi connectivity index (χ4v) is 3.82. The van der Waals surface area contributed by atoms with Crippen molar-refractivity contribution < 1.29 is 9.18 Å². The van der Waals surface area contributed by atoms with E-state index in [4.69, 9.17) is 11.6 Å². The molecule has 5 nitrogen and oxygen atoms in total. The molecule has 0 bridgehead atoms. The number of nitrogens with zero attached hydrogens (tertiary/aromatic N) is 3. The molecule has 0 aliphatic heterocycles. The van der Waals surface area contributed by atoms with E-state index in [2.05, 4.69) is 15.4 Å². The maximum absolute atomic E-state index is 13.2. The van der Waals surface area contributed by atoms with Crippen molar-refractivity contribution in [1.82, 2.24) is 14.8 Å². The number of benzene rings is 2. The van der Waals surface area contributed by atoms with Crippen LogP contribution in [0.1, 0.15) is 16.1 Å². The predicted octanol–water partition coefficient (Wildman–Crippen LogP) is 5.35. The minimum atomic E-state index is -0.398. The molecule has 0 saturated carbocycles. The summed E-state index contributed by atoms with van der Waals surface area (Å²) in [6.07, 6.45) is 0. The minimum Gasteiger partial charge on any atom is -0.298 e. The zero-order chi connectivity index (χ0) is 19.7. The third-order valence-electron chi connectivity index (χ3n) is 4.10. The number of hydrogen-bond acceptors (Lipinski definition) is 4. The average molecular weight is 413 g/mol. The number of thiazole rings is 1. The van der Waals surface area contributed by atoms with E-state index in [-0.39, 0.29) is 16.5 Å². The van der Waals surface area contributed by atoms with Crippen molar-refractivity contribution in [2.45, 2.75) is 6.92 Å². The van der Waals surface area contributed by atoms with Crippen molar-refractivity contribution in [2.24, 2.45) is 0 Å². The van der Waals surface area contributed by atoms with Crippen LogP contribution < -0.4 is 5.32 Å². The number of halogens is 2. The summed E-state index contributed by atoms with van der Waals surface area (Å²) >= 11 is 7.72. The first-order chi connectivity index (χ1) is 13.5. The van der Waals surface area contributed by atoms with Crippen LogP contribution in [0, 0.1) is 12.7 Å². The van der Waals surface area contributed by atoms with E-state index in [0.717, 1.165) is 11.3 Å². The molecular weight excluding hydrogens is 399 g/mol. The second kappa shape index (κ2) is 7.53. The fraction of sp³-hybridized carbons (Fsp3) is 0.0500. The number of rotatable bonds is 4. The Kier molecular flexibility index (Phi) is 4.93. The van der Waals surface area contributed by atoms with Gasteiger partial charge in [0, 0.05) is 10.9 Å². The summed E-state index contributed by atoms with van der Waals surface area (Å²) in [5, 5.41) is 9.58. The number of hydrogen-bond donors (Lipinski definition) is 1.